The van der Waals surface area contributed by atoms with E-state index >= 15 is 0 Å². The molecule has 2 aromatic rings. The molecule has 3 rings (SSSR count). The molecule has 0 aliphatic carbocycles. The average Bonchev–Trinajstić information content (AvgIpc) is 2.93. The lowest BCUT2D eigenvalue weighted by atomic mass is 10.0. The summed E-state index contributed by atoms with van der Waals surface area (Å²) in [6.45, 7) is 6.81. The third-order valence-corrected chi connectivity index (χ3v) is 7.72. The van der Waals surface area contributed by atoms with Gasteiger partial charge in [-0.2, -0.15) is 0 Å². The number of likely N-dealkylation sites (tertiary alicyclic amines) is 1. The lowest BCUT2D eigenvalue weighted by Crippen LogP contribution is -2.38. The van der Waals surface area contributed by atoms with Crippen LogP contribution in [0, 0.1) is 0 Å². The predicted octanol–water partition coefficient (Wildman–Crippen LogP) is 6.98. The molecule has 1 fully saturated rings. The third-order valence-electron chi connectivity index (χ3n) is 7.72. The van der Waals surface area contributed by atoms with E-state index in [1.54, 1.807) is 0 Å². The van der Waals surface area contributed by atoms with Gasteiger partial charge in [0.15, 0.2) is 0 Å². The Kier molecular flexibility index (Phi) is 14.4. The molecule has 216 valence electrons. The SMILES string of the molecule is CN(C)CCCN(C)CCCCCCCCCN1CCC(OC(=O)Nc2ccccc2-c2ccccc2)CC1. The first kappa shape index (κ1) is 31.1. The number of rotatable bonds is 17. The number of piperidine rings is 1. The number of unbranched alkanes of at least 4 members (excludes halogenated alkanes) is 6. The van der Waals surface area contributed by atoms with Crippen LogP contribution >= 0.6 is 0 Å². The first-order chi connectivity index (χ1) is 19.0. The van der Waals surface area contributed by atoms with E-state index in [-0.39, 0.29) is 12.2 Å². The van der Waals surface area contributed by atoms with Crippen molar-refractivity contribution in [1.82, 2.24) is 14.7 Å². The van der Waals surface area contributed by atoms with E-state index in [1.165, 1.54) is 77.5 Å². The van der Waals surface area contributed by atoms with Crippen LogP contribution in [-0.4, -0.2) is 87.3 Å². The van der Waals surface area contributed by atoms with Gasteiger partial charge >= 0.3 is 6.09 Å². The molecule has 0 bridgehead atoms. The smallest absolute Gasteiger partial charge is 0.411 e. The summed E-state index contributed by atoms with van der Waals surface area (Å²) in [5, 5.41) is 2.97. The second-order valence-electron chi connectivity index (χ2n) is 11.4. The number of nitrogens with one attached hydrogen (secondary N) is 1. The number of para-hydroxylation sites is 1. The fourth-order valence-corrected chi connectivity index (χ4v) is 5.37. The molecule has 0 aromatic heterocycles. The Bertz CT molecular complexity index is 928. The molecule has 39 heavy (non-hydrogen) atoms. The van der Waals surface area contributed by atoms with Crippen molar-refractivity contribution in [1.29, 1.82) is 0 Å². The highest BCUT2D eigenvalue weighted by Gasteiger charge is 2.22. The number of anilines is 1. The molecule has 1 saturated heterocycles. The van der Waals surface area contributed by atoms with E-state index in [1.807, 2.05) is 42.5 Å². The van der Waals surface area contributed by atoms with Gasteiger partial charge in [-0.25, -0.2) is 4.79 Å². The highest BCUT2D eigenvalue weighted by molar-refractivity contribution is 5.91. The predicted molar refractivity (Wildman–Crippen MR) is 164 cm³/mol. The van der Waals surface area contributed by atoms with Crippen LogP contribution in [0.3, 0.4) is 0 Å². The Balaban J connectivity index is 1.20. The summed E-state index contributed by atoms with van der Waals surface area (Å²) < 4.78 is 5.79. The molecule has 6 heteroatoms. The first-order valence-corrected chi connectivity index (χ1v) is 15.2. The minimum atomic E-state index is -0.354. The zero-order chi connectivity index (χ0) is 27.7. The van der Waals surface area contributed by atoms with Crippen LogP contribution in [0.15, 0.2) is 54.6 Å². The summed E-state index contributed by atoms with van der Waals surface area (Å²) in [5.41, 5.74) is 2.87. The molecule has 0 spiro atoms. The van der Waals surface area contributed by atoms with Crippen molar-refractivity contribution in [2.75, 3.05) is 65.7 Å². The second kappa shape index (κ2) is 18.0. The van der Waals surface area contributed by atoms with Gasteiger partial charge in [-0.05, 0) is 91.1 Å². The maximum atomic E-state index is 12.6. The molecule has 1 heterocycles. The monoisotopic (exact) mass is 536 g/mol. The minimum Gasteiger partial charge on any atom is -0.446 e. The van der Waals surface area contributed by atoms with E-state index in [0.717, 1.165) is 42.7 Å². The molecule has 1 amide bonds. The van der Waals surface area contributed by atoms with Crippen molar-refractivity contribution in [3.8, 4) is 11.1 Å². The highest BCUT2D eigenvalue weighted by Crippen LogP contribution is 2.28. The number of benzene rings is 2. The number of carbonyl (C=O) groups is 1. The quantitative estimate of drug-likeness (QED) is 0.221. The molecule has 2 aromatic carbocycles. The van der Waals surface area contributed by atoms with Gasteiger partial charge in [0.1, 0.15) is 6.10 Å². The fraction of sp³-hybridized carbons (Fsp3) is 0.606. The Labute approximate surface area is 237 Å². The maximum absolute atomic E-state index is 12.6. The molecule has 0 atom stereocenters. The summed E-state index contributed by atoms with van der Waals surface area (Å²) in [4.78, 5) is 19.9. The van der Waals surface area contributed by atoms with Crippen molar-refractivity contribution in [2.24, 2.45) is 0 Å². The number of nitrogens with zero attached hydrogens (tertiary/aromatic N) is 3. The molecule has 0 saturated carbocycles. The fourth-order valence-electron chi connectivity index (χ4n) is 5.37. The van der Waals surface area contributed by atoms with E-state index in [2.05, 4.69) is 53.3 Å². The van der Waals surface area contributed by atoms with Crippen LogP contribution in [0.1, 0.15) is 64.2 Å². The van der Waals surface area contributed by atoms with Crippen LogP contribution in [0.25, 0.3) is 11.1 Å². The third kappa shape index (κ3) is 12.5. The molecular weight excluding hydrogens is 484 g/mol. The summed E-state index contributed by atoms with van der Waals surface area (Å²) in [5.74, 6) is 0. The Morgan fingerprint density at radius 3 is 2.13 bits per heavy atom. The standard InChI is InChI=1S/C33H52N4O2/c1-35(2)23-16-25-36(3)24-14-7-5-4-6-8-15-26-37-27-21-30(22-28-37)39-33(38)34-32-20-13-12-19-31(32)29-17-10-9-11-18-29/h9-13,17-20,30H,4-8,14-16,21-28H2,1-3H3,(H,34,38). The van der Waals surface area contributed by atoms with Crippen LogP contribution < -0.4 is 5.32 Å². The molecule has 0 unspecified atom stereocenters. The minimum absolute atomic E-state index is 0.00262. The molecule has 1 N–H and O–H groups in total. The van der Waals surface area contributed by atoms with Crippen molar-refractivity contribution < 1.29 is 9.53 Å². The van der Waals surface area contributed by atoms with Crippen LogP contribution in [0.5, 0.6) is 0 Å². The van der Waals surface area contributed by atoms with E-state index in [0.29, 0.717) is 0 Å². The number of carbonyl (C=O) groups excluding carboxylic acids is 1. The van der Waals surface area contributed by atoms with Gasteiger partial charge in [0.25, 0.3) is 0 Å². The van der Waals surface area contributed by atoms with E-state index in [4.69, 9.17) is 4.74 Å². The lowest BCUT2D eigenvalue weighted by Gasteiger charge is -2.31. The van der Waals surface area contributed by atoms with Crippen molar-refractivity contribution in [3.63, 3.8) is 0 Å². The molecule has 6 nitrogen and oxygen atoms in total. The molecular formula is C33H52N4O2. The summed E-state index contributed by atoms with van der Waals surface area (Å²) in [6, 6.07) is 18.0. The van der Waals surface area contributed by atoms with Crippen molar-refractivity contribution >= 4 is 11.8 Å². The largest absolute Gasteiger partial charge is 0.446 e. The number of hydrogen-bond acceptors (Lipinski definition) is 5. The maximum Gasteiger partial charge on any atom is 0.411 e. The molecule has 1 aliphatic heterocycles. The van der Waals surface area contributed by atoms with Gasteiger partial charge in [0.2, 0.25) is 0 Å². The zero-order valence-corrected chi connectivity index (χ0v) is 24.7. The van der Waals surface area contributed by atoms with E-state index < -0.39 is 0 Å². The van der Waals surface area contributed by atoms with Crippen LogP contribution in [0.4, 0.5) is 10.5 Å². The Morgan fingerprint density at radius 2 is 1.41 bits per heavy atom. The summed E-state index contributed by atoms with van der Waals surface area (Å²) in [7, 11) is 6.55. The summed E-state index contributed by atoms with van der Waals surface area (Å²) >= 11 is 0. The number of hydrogen-bond donors (Lipinski definition) is 1. The van der Waals surface area contributed by atoms with Gasteiger partial charge in [-0.1, -0.05) is 80.6 Å². The zero-order valence-electron chi connectivity index (χ0n) is 24.7. The first-order valence-electron chi connectivity index (χ1n) is 15.2. The summed E-state index contributed by atoms with van der Waals surface area (Å²) in [6.07, 6.45) is 12.1. The Hall–Kier alpha value is -2.41. The van der Waals surface area contributed by atoms with Gasteiger partial charge in [-0.3, -0.25) is 5.32 Å². The highest BCUT2D eigenvalue weighted by atomic mass is 16.6. The van der Waals surface area contributed by atoms with Gasteiger partial charge in [-0.15, -0.1) is 0 Å². The molecule has 1 aliphatic rings. The van der Waals surface area contributed by atoms with Gasteiger partial charge < -0.3 is 19.4 Å². The topological polar surface area (TPSA) is 48.1 Å². The van der Waals surface area contributed by atoms with Crippen LogP contribution in [0.2, 0.25) is 0 Å². The van der Waals surface area contributed by atoms with Crippen molar-refractivity contribution in [2.45, 2.75) is 70.3 Å². The average molecular weight is 537 g/mol. The number of ether oxygens (including phenoxy) is 1. The van der Waals surface area contributed by atoms with E-state index in [9.17, 15) is 4.79 Å². The van der Waals surface area contributed by atoms with Crippen molar-refractivity contribution in [3.05, 3.63) is 54.6 Å². The van der Waals surface area contributed by atoms with Gasteiger partial charge in [0.05, 0.1) is 5.69 Å². The second-order valence-corrected chi connectivity index (χ2v) is 11.4. The lowest BCUT2D eigenvalue weighted by molar-refractivity contribution is 0.0585. The van der Waals surface area contributed by atoms with Gasteiger partial charge in [0, 0.05) is 18.7 Å². The Morgan fingerprint density at radius 1 is 0.795 bits per heavy atom. The normalized spacial score (nSPS) is 14.7. The van der Waals surface area contributed by atoms with Crippen LogP contribution in [-0.2, 0) is 4.74 Å². The molecule has 0 radical (unpaired) electrons. The number of amides is 1.